The molecular formula is C13H26N2O. The second-order valence-corrected chi connectivity index (χ2v) is 5.14. The van der Waals surface area contributed by atoms with E-state index in [0.29, 0.717) is 24.3 Å². The van der Waals surface area contributed by atoms with E-state index in [-0.39, 0.29) is 5.91 Å². The highest BCUT2D eigenvalue weighted by atomic mass is 16.1. The number of rotatable bonds is 6. The number of carbonyl (C=O) groups excluding carboxylic acids is 1. The van der Waals surface area contributed by atoms with Crippen LogP contribution >= 0.6 is 0 Å². The Kier molecular flexibility index (Phi) is 5.81. The molecule has 3 heteroatoms. The summed E-state index contributed by atoms with van der Waals surface area (Å²) in [4.78, 5) is 11.7. The molecule has 0 radical (unpaired) electrons. The van der Waals surface area contributed by atoms with Crippen molar-refractivity contribution in [3.05, 3.63) is 0 Å². The van der Waals surface area contributed by atoms with Gasteiger partial charge in [0.1, 0.15) is 0 Å². The molecular weight excluding hydrogens is 200 g/mol. The van der Waals surface area contributed by atoms with E-state index in [1.54, 1.807) is 0 Å². The van der Waals surface area contributed by atoms with Crippen LogP contribution in [0.5, 0.6) is 0 Å². The largest absolute Gasteiger partial charge is 0.353 e. The Bertz CT molecular complexity index is 212. The zero-order chi connectivity index (χ0) is 12.0. The van der Waals surface area contributed by atoms with Gasteiger partial charge in [-0.1, -0.05) is 20.3 Å². The van der Waals surface area contributed by atoms with Gasteiger partial charge in [0.25, 0.3) is 0 Å². The molecule has 1 saturated heterocycles. The summed E-state index contributed by atoms with van der Waals surface area (Å²) in [5.41, 5.74) is 0. The average Bonchev–Trinajstić information content (AvgIpc) is 2.78. The van der Waals surface area contributed by atoms with Crippen LogP contribution in [0.25, 0.3) is 0 Å². The van der Waals surface area contributed by atoms with Crippen LogP contribution in [0.15, 0.2) is 0 Å². The molecule has 3 nitrogen and oxygen atoms in total. The molecule has 16 heavy (non-hydrogen) atoms. The van der Waals surface area contributed by atoms with E-state index in [4.69, 9.17) is 0 Å². The first kappa shape index (κ1) is 13.5. The average molecular weight is 226 g/mol. The Hall–Kier alpha value is -0.570. The molecule has 1 fully saturated rings. The number of nitrogens with one attached hydrogen (secondary N) is 2. The van der Waals surface area contributed by atoms with Crippen molar-refractivity contribution in [3.63, 3.8) is 0 Å². The lowest BCUT2D eigenvalue weighted by Gasteiger charge is -2.20. The summed E-state index contributed by atoms with van der Waals surface area (Å²) in [6, 6.07) is 0.305. The first-order chi connectivity index (χ1) is 7.63. The molecule has 1 rings (SSSR count). The third kappa shape index (κ3) is 4.52. The minimum atomic E-state index is 0.222. The Labute approximate surface area is 99.4 Å². The predicted octanol–water partition coefficient (Wildman–Crippen LogP) is 1.93. The summed E-state index contributed by atoms with van der Waals surface area (Å²) in [6.07, 6.45) is 4.07. The van der Waals surface area contributed by atoms with Gasteiger partial charge in [-0.2, -0.15) is 0 Å². The van der Waals surface area contributed by atoms with Gasteiger partial charge < -0.3 is 10.6 Å². The molecule has 0 aromatic rings. The molecule has 3 unspecified atom stereocenters. The molecule has 1 amide bonds. The summed E-state index contributed by atoms with van der Waals surface area (Å²) < 4.78 is 0. The van der Waals surface area contributed by atoms with Crippen LogP contribution in [-0.4, -0.2) is 25.0 Å². The fraction of sp³-hybridized carbons (Fsp3) is 0.923. The van der Waals surface area contributed by atoms with Crippen molar-refractivity contribution in [2.24, 2.45) is 11.8 Å². The number of hydrogen-bond acceptors (Lipinski definition) is 2. The van der Waals surface area contributed by atoms with Crippen LogP contribution in [0.1, 0.15) is 46.5 Å². The smallest absolute Gasteiger partial charge is 0.220 e. The zero-order valence-corrected chi connectivity index (χ0v) is 10.9. The Morgan fingerprint density at radius 1 is 1.50 bits per heavy atom. The summed E-state index contributed by atoms with van der Waals surface area (Å²) in [5, 5.41) is 6.43. The highest BCUT2D eigenvalue weighted by Gasteiger charge is 2.17. The third-order valence-corrected chi connectivity index (χ3v) is 3.83. The van der Waals surface area contributed by atoms with Gasteiger partial charge in [-0.15, -0.1) is 0 Å². The highest BCUT2D eigenvalue weighted by molar-refractivity contribution is 5.76. The second-order valence-electron chi connectivity index (χ2n) is 5.14. The summed E-state index contributed by atoms with van der Waals surface area (Å²) in [6.45, 7) is 8.66. The fourth-order valence-electron chi connectivity index (χ4n) is 2.12. The maximum atomic E-state index is 11.7. The number of carbonyl (C=O) groups is 1. The van der Waals surface area contributed by atoms with Gasteiger partial charge in [0.15, 0.2) is 0 Å². The molecule has 1 aliphatic heterocycles. The van der Waals surface area contributed by atoms with E-state index in [1.165, 1.54) is 6.42 Å². The van der Waals surface area contributed by atoms with Gasteiger partial charge in [0, 0.05) is 12.5 Å². The number of amides is 1. The predicted molar refractivity (Wildman–Crippen MR) is 67.3 cm³/mol. The van der Waals surface area contributed by atoms with Crippen molar-refractivity contribution in [3.8, 4) is 0 Å². The van der Waals surface area contributed by atoms with Crippen LogP contribution in [0.4, 0.5) is 0 Å². The minimum absolute atomic E-state index is 0.222. The van der Waals surface area contributed by atoms with Gasteiger partial charge in [0.2, 0.25) is 5.91 Å². The topological polar surface area (TPSA) is 41.1 Å². The summed E-state index contributed by atoms with van der Waals surface area (Å²) in [7, 11) is 0. The standard InChI is InChI=1S/C13H26N2O/c1-4-10(2)11(3)15-13(16)6-5-12-7-8-14-9-12/h10-12,14H,4-9H2,1-3H3,(H,15,16). The molecule has 1 aliphatic rings. The summed E-state index contributed by atoms with van der Waals surface area (Å²) in [5.74, 6) is 1.50. The molecule has 0 bridgehead atoms. The van der Waals surface area contributed by atoms with E-state index in [1.807, 2.05) is 0 Å². The van der Waals surface area contributed by atoms with Crippen molar-refractivity contribution in [2.75, 3.05) is 13.1 Å². The van der Waals surface area contributed by atoms with E-state index in [0.717, 1.165) is 25.9 Å². The van der Waals surface area contributed by atoms with E-state index in [9.17, 15) is 4.79 Å². The molecule has 3 atom stereocenters. The van der Waals surface area contributed by atoms with E-state index < -0.39 is 0 Å². The minimum Gasteiger partial charge on any atom is -0.353 e. The maximum absolute atomic E-state index is 11.7. The maximum Gasteiger partial charge on any atom is 0.220 e. The SMILES string of the molecule is CCC(C)C(C)NC(=O)CCC1CCNC1. The van der Waals surface area contributed by atoms with Gasteiger partial charge in [-0.3, -0.25) is 4.79 Å². The Morgan fingerprint density at radius 3 is 2.81 bits per heavy atom. The number of hydrogen-bond donors (Lipinski definition) is 2. The van der Waals surface area contributed by atoms with Crippen molar-refractivity contribution in [2.45, 2.75) is 52.5 Å². The normalized spacial score (nSPS) is 24.1. The molecule has 2 N–H and O–H groups in total. The van der Waals surface area contributed by atoms with Gasteiger partial charge in [-0.25, -0.2) is 0 Å². The second kappa shape index (κ2) is 6.89. The van der Waals surface area contributed by atoms with Crippen molar-refractivity contribution in [1.29, 1.82) is 0 Å². The molecule has 0 spiro atoms. The van der Waals surface area contributed by atoms with Gasteiger partial charge in [-0.05, 0) is 44.7 Å². The van der Waals surface area contributed by atoms with Gasteiger partial charge in [0.05, 0.1) is 0 Å². The lowest BCUT2D eigenvalue weighted by molar-refractivity contribution is -0.122. The van der Waals surface area contributed by atoms with Crippen molar-refractivity contribution in [1.82, 2.24) is 10.6 Å². The lowest BCUT2D eigenvalue weighted by atomic mass is 9.99. The zero-order valence-electron chi connectivity index (χ0n) is 10.9. The molecule has 0 saturated carbocycles. The first-order valence-corrected chi connectivity index (χ1v) is 6.63. The Balaban J connectivity index is 2.14. The Morgan fingerprint density at radius 2 is 2.25 bits per heavy atom. The quantitative estimate of drug-likeness (QED) is 0.726. The van der Waals surface area contributed by atoms with Crippen molar-refractivity contribution >= 4 is 5.91 Å². The molecule has 0 aliphatic carbocycles. The molecule has 0 aromatic carbocycles. The van der Waals surface area contributed by atoms with Crippen molar-refractivity contribution < 1.29 is 4.79 Å². The third-order valence-electron chi connectivity index (χ3n) is 3.83. The van der Waals surface area contributed by atoms with Crippen LogP contribution in [0.2, 0.25) is 0 Å². The fourth-order valence-corrected chi connectivity index (χ4v) is 2.12. The van der Waals surface area contributed by atoms with Crippen LogP contribution in [-0.2, 0) is 4.79 Å². The van der Waals surface area contributed by atoms with Crippen LogP contribution < -0.4 is 10.6 Å². The van der Waals surface area contributed by atoms with E-state index >= 15 is 0 Å². The highest BCUT2D eigenvalue weighted by Crippen LogP contribution is 2.14. The monoisotopic (exact) mass is 226 g/mol. The molecule has 1 heterocycles. The van der Waals surface area contributed by atoms with E-state index in [2.05, 4.69) is 31.4 Å². The summed E-state index contributed by atoms with van der Waals surface area (Å²) >= 11 is 0. The lowest BCUT2D eigenvalue weighted by Crippen LogP contribution is -2.37. The van der Waals surface area contributed by atoms with Gasteiger partial charge >= 0.3 is 0 Å². The molecule has 0 aromatic heterocycles. The van der Waals surface area contributed by atoms with Crippen LogP contribution in [0.3, 0.4) is 0 Å². The first-order valence-electron chi connectivity index (χ1n) is 6.63. The van der Waals surface area contributed by atoms with Crippen LogP contribution in [0, 0.1) is 11.8 Å². The molecule has 94 valence electrons.